The van der Waals surface area contributed by atoms with Gasteiger partial charge in [0.1, 0.15) is 0 Å². The zero-order valence-corrected chi connectivity index (χ0v) is 4.58. The number of halogens is 6. The monoisotopic (exact) mass is 182 g/mol. The summed E-state index contributed by atoms with van der Waals surface area (Å²) in [5, 5.41) is 0. The number of carbonyl (C=O) groups excluding carboxylic acids is 1. The molecule has 66 valence electrons. The molecule has 0 aromatic heterocycles. The van der Waals surface area contributed by atoms with Crippen molar-refractivity contribution in [1.82, 2.24) is 0 Å². The summed E-state index contributed by atoms with van der Waals surface area (Å²) in [6.07, 6.45) is -6.06. The molecule has 0 radical (unpaired) electrons. The van der Waals surface area contributed by atoms with Crippen LogP contribution in [0.3, 0.4) is 0 Å². The lowest BCUT2D eigenvalue weighted by atomic mass is 10.3. The molecule has 1 atom stereocenters. The highest BCUT2D eigenvalue weighted by atomic mass is 19.4. The van der Waals surface area contributed by atoms with Crippen molar-refractivity contribution in [3.8, 4) is 0 Å². The van der Waals surface area contributed by atoms with E-state index in [1.807, 2.05) is 0 Å². The molecule has 0 amide bonds. The molecule has 0 saturated carbocycles. The molecule has 0 N–H and O–H groups in total. The maximum atomic E-state index is 11.7. The van der Waals surface area contributed by atoms with Gasteiger partial charge in [-0.05, 0) is 4.53 Å². The Kier molecular flexibility index (Phi) is 2.49. The van der Waals surface area contributed by atoms with Crippen molar-refractivity contribution in [2.24, 2.45) is 0 Å². The number of hydrogen-bond acceptors (Lipinski definition) is 2. The third-order valence-corrected chi connectivity index (χ3v) is 0.724. The summed E-state index contributed by atoms with van der Waals surface area (Å²) in [6, 6.07) is -3.59. The van der Waals surface area contributed by atoms with E-state index in [-0.39, 0.29) is 0 Å². The number of carbonyl (C=O) groups is 1. The van der Waals surface area contributed by atoms with Gasteiger partial charge in [0.05, 0.1) is 0 Å². The Labute approximate surface area is 55.6 Å². The van der Waals surface area contributed by atoms with Crippen LogP contribution in [0.25, 0.3) is 0 Å². The summed E-state index contributed by atoms with van der Waals surface area (Å²) in [4.78, 5) is 10.8. The van der Waals surface area contributed by atoms with Gasteiger partial charge in [-0.15, -0.1) is 4.94 Å². The Hall–Kier alpha value is -0.790. The largest absolute Gasteiger partial charge is 0.462 e. The van der Waals surface area contributed by atoms with Crippen molar-refractivity contribution in [1.29, 1.82) is 0 Å². The van der Waals surface area contributed by atoms with Crippen molar-refractivity contribution in [3.63, 3.8) is 0 Å². The van der Waals surface area contributed by atoms with E-state index in [0.29, 0.717) is 0 Å². The summed E-state index contributed by atoms with van der Waals surface area (Å²) in [5.41, 5.74) is 0. The molecule has 2 nitrogen and oxygen atoms in total. The predicted octanol–water partition coefficient (Wildman–Crippen LogP) is 1.61. The molecule has 0 aliphatic rings. The maximum absolute atomic E-state index is 11.7. The maximum Gasteiger partial charge on any atom is 0.462 e. The van der Waals surface area contributed by atoms with Gasteiger partial charge in [0.2, 0.25) is 0 Å². The molecule has 1 unspecified atom stereocenters. The average molecular weight is 182 g/mol. The fraction of sp³-hybridized carbons (Fsp3) is 0.667. The standard InChI is InChI=1S/C3F6O2/c4-1(10)2(5,11-9)3(6,7)8. The van der Waals surface area contributed by atoms with E-state index in [4.69, 9.17) is 0 Å². The lowest BCUT2D eigenvalue weighted by Crippen LogP contribution is -2.47. The van der Waals surface area contributed by atoms with Crippen LogP contribution in [0, 0.1) is 0 Å². The van der Waals surface area contributed by atoms with Gasteiger partial charge >= 0.3 is 18.1 Å². The van der Waals surface area contributed by atoms with E-state index in [0.717, 1.165) is 0 Å². The Morgan fingerprint density at radius 1 is 1.18 bits per heavy atom. The summed E-state index contributed by atoms with van der Waals surface area (Å²) in [6.45, 7) is 0. The van der Waals surface area contributed by atoms with Crippen molar-refractivity contribution in [2.45, 2.75) is 12.0 Å². The summed E-state index contributed by atoms with van der Waals surface area (Å²) < 4.78 is 67.0. The molecule has 8 heteroatoms. The molecule has 0 heterocycles. The second-order valence-corrected chi connectivity index (χ2v) is 1.44. The lowest BCUT2D eigenvalue weighted by molar-refractivity contribution is -0.384. The quantitative estimate of drug-likeness (QED) is 0.479. The van der Waals surface area contributed by atoms with Crippen molar-refractivity contribution < 1.29 is 36.2 Å². The van der Waals surface area contributed by atoms with E-state index in [2.05, 4.69) is 0 Å². The molecule has 0 bridgehead atoms. The number of rotatable bonds is 2. The van der Waals surface area contributed by atoms with Gasteiger partial charge in [0.25, 0.3) is 0 Å². The van der Waals surface area contributed by atoms with Crippen LogP contribution in [0.15, 0.2) is 0 Å². The molecule has 0 fully saturated rings. The Balaban J connectivity index is 4.75. The second kappa shape index (κ2) is 2.68. The topological polar surface area (TPSA) is 26.3 Å². The first-order valence-electron chi connectivity index (χ1n) is 2.01. The number of alkyl halides is 4. The average Bonchev–Trinajstić information content (AvgIpc) is 1.83. The first-order chi connectivity index (χ1) is 4.75. The van der Waals surface area contributed by atoms with Gasteiger partial charge < -0.3 is 0 Å². The highest BCUT2D eigenvalue weighted by Gasteiger charge is 2.66. The molecule has 0 aromatic rings. The van der Waals surface area contributed by atoms with Gasteiger partial charge in [0.15, 0.2) is 0 Å². The third kappa shape index (κ3) is 1.62. The van der Waals surface area contributed by atoms with Crippen LogP contribution in [-0.2, 0) is 9.74 Å². The Morgan fingerprint density at radius 3 is 1.55 bits per heavy atom. The van der Waals surface area contributed by atoms with Crippen LogP contribution >= 0.6 is 0 Å². The summed E-state index contributed by atoms with van der Waals surface area (Å²) in [5.74, 6) is -5.49. The fourth-order valence-electron chi connectivity index (χ4n) is 0.186. The predicted molar refractivity (Wildman–Crippen MR) is 18.2 cm³/mol. The zero-order valence-electron chi connectivity index (χ0n) is 4.58. The van der Waals surface area contributed by atoms with Crippen molar-refractivity contribution in [2.75, 3.05) is 0 Å². The van der Waals surface area contributed by atoms with E-state index in [1.165, 1.54) is 0 Å². The molecule has 0 aliphatic carbocycles. The fourth-order valence-corrected chi connectivity index (χ4v) is 0.186. The number of hydrogen-bond donors (Lipinski definition) is 0. The summed E-state index contributed by atoms with van der Waals surface area (Å²) >= 11 is 0. The molecule has 0 spiro atoms. The lowest BCUT2D eigenvalue weighted by Gasteiger charge is -2.16. The van der Waals surface area contributed by atoms with Crippen LogP contribution in [-0.4, -0.2) is 18.1 Å². The molecule has 11 heavy (non-hydrogen) atoms. The highest BCUT2D eigenvalue weighted by molar-refractivity contribution is 5.77. The van der Waals surface area contributed by atoms with Crippen LogP contribution < -0.4 is 0 Å². The van der Waals surface area contributed by atoms with Gasteiger partial charge in [-0.3, -0.25) is 4.79 Å². The Bertz CT molecular complexity index is 164. The normalized spacial score (nSPS) is 17.6. The van der Waals surface area contributed by atoms with Gasteiger partial charge in [-0.1, -0.05) is 0 Å². The summed E-state index contributed by atoms with van der Waals surface area (Å²) in [7, 11) is 0. The van der Waals surface area contributed by atoms with Crippen molar-refractivity contribution >= 4 is 6.04 Å². The first kappa shape index (κ1) is 10.2. The molecular formula is C3F6O2. The van der Waals surface area contributed by atoms with Crippen LogP contribution in [0.4, 0.5) is 26.5 Å². The van der Waals surface area contributed by atoms with Gasteiger partial charge in [-0.2, -0.15) is 22.0 Å². The highest BCUT2D eigenvalue weighted by Crippen LogP contribution is 2.36. The van der Waals surface area contributed by atoms with E-state index < -0.39 is 18.1 Å². The van der Waals surface area contributed by atoms with Crippen molar-refractivity contribution in [3.05, 3.63) is 0 Å². The molecular weight excluding hydrogens is 182 g/mol. The molecule has 0 aliphatic heterocycles. The first-order valence-corrected chi connectivity index (χ1v) is 2.01. The minimum absolute atomic E-state index is 1.55. The Morgan fingerprint density at radius 2 is 1.55 bits per heavy atom. The molecule has 0 aromatic carbocycles. The van der Waals surface area contributed by atoms with Crippen LogP contribution in [0.5, 0.6) is 0 Å². The SMILES string of the molecule is O=C(F)C(F)(OF)C(F)(F)F. The zero-order chi connectivity index (χ0) is 9.28. The van der Waals surface area contributed by atoms with E-state index in [9.17, 15) is 31.3 Å². The van der Waals surface area contributed by atoms with Gasteiger partial charge in [0, 0.05) is 0 Å². The second-order valence-electron chi connectivity index (χ2n) is 1.44. The van der Waals surface area contributed by atoms with E-state index in [1.54, 1.807) is 4.94 Å². The minimum Gasteiger partial charge on any atom is -0.254 e. The third-order valence-electron chi connectivity index (χ3n) is 0.724. The van der Waals surface area contributed by atoms with E-state index >= 15 is 0 Å². The van der Waals surface area contributed by atoms with Crippen LogP contribution in [0.2, 0.25) is 0 Å². The molecule has 0 rings (SSSR count). The minimum atomic E-state index is -6.06. The molecule has 0 saturated heterocycles. The van der Waals surface area contributed by atoms with Crippen LogP contribution in [0.1, 0.15) is 0 Å². The smallest absolute Gasteiger partial charge is 0.254 e. The van der Waals surface area contributed by atoms with Gasteiger partial charge in [-0.25, -0.2) is 0 Å².